The molecule has 0 aromatic carbocycles. The molecule has 0 bridgehead atoms. The number of nitrogens with zero attached hydrogens (tertiary/aromatic N) is 2. The van der Waals surface area contributed by atoms with Crippen LogP contribution in [0.1, 0.15) is 34.0 Å². The first-order valence-corrected chi connectivity index (χ1v) is 10.4. The molecule has 3 atom stereocenters. The highest BCUT2D eigenvalue weighted by Crippen LogP contribution is 2.35. The second-order valence-electron chi connectivity index (χ2n) is 7.58. The van der Waals surface area contributed by atoms with Gasteiger partial charge in [-0.2, -0.15) is 0 Å². The molecule has 2 fully saturated rings. The van der Waals surface area contributed by atoms with E-state index in [1.807, 2.05) is 36.5 Å². The topological polar surface area (TPSA) is 34.6 Å². The van der Waals surface area contributed by atoms with Gasteiger partial charge in [-0.05, 0) is 56.9 Å². The molecule has 0 unspecified atom stereocenters. The van der Waals surface area contributed by atoms with Crippen molar-refractivity contribution in [3.05, 3.63) is 51.5 Å². The zero-order valence-corrected chi connectivity index (χ0v) is 16.5. The van der Waals surface area contributed by atoms with Crippen LogP contribution in [0.15, 0.2) is 30.3 Å². The van der Waals surface area contributed by atoms with E-state index in [-0.39, 0.29) is 0 Å². The maximum absolute atomic E-state index is 6.08. The minimum atomic E-state index is 0.371. The number of ether oxygens (including phenoxy) is 2. The quantitative estimate of drug-likeness (QED) is 0.769. The molecular formula is C21H28N2O2S. The van der Waals surface area contributed by atoms with Gasteiger partial charge in [0.05, 0.1) is 31.6 Å². The molecular weight excluding hydrogens is 344 g/mol. The third kappa shape index (κ3) is 4.34. The normalized spacial score (nSPS) is 26.2. The number of hydrogen-bond acceptors (Lipinski definition) is 5. The Morgan fingerprint density at radius 2 is 2.15 bits per heavy atom. The van der Waals surface area contributed by atoms with Crippen LogP contribution in [0.5, 0.6) is 0 Å². The van der Waals surface area contributed by atoms with Crippen LogP contribution in [0, 0.1) is 19.8 Å². The SMILES string of the molecule is Cc1cccc(COC[C@@H]2C[C@@H]3OCCN(Cc4ccc(C)s4)[C@@H]3C2)n1. The minimum absolute atomic E-state index is 0.371. The first kappa shape index (κ1) is 18.1. The lowest BCUT2D eigenvalue weighted by Gasteiger charge is -2.37. The first-order valence-electron chi connectivity index (χ1n) is 9.58. The predicted molar refractivity (Wildman–Crippen MR) is 104 cm³/mol. The summed E-state index contributed by atoms with van der Waals surface area (Å²) in [5, 5.41) is 0. The Morgan fingerprint density at radius 1 is 1.23 bits per heavy atom. The van der Waals surface area contributed by atoms with Crippen molar-refractivity contribution in [1.82, 2.24) is 9.88 Å². The average molecular weight is 373 g/mol. The number of pyridine rings is 1. The smallest absolute Gasteiger partial charge is 0.0888 e. The van der Waals surface area contributed by atoms with E-state index in [1.165, 1.54) is 16.2 Å². The van der Waals surface area contributed by atoms with Crippen molar-refractivity contribution in [3.8, 4) is 0 Å². The van der Waals surface area contributed by atoms with Crippen LogP contribution in [0.3, 0.4) is 0 Å². The van der Waals surface area contributed by atoms with E-state index in [1.54, 1.807) is 0 Å². The number of rotatable bonds is 6. The van der Waals surface area contributed by atoms with E-state index in [2.05, 4.69) is 28.9 Å². The monoisotopic (exact) mass is 372 g/mol. The molecule has 2 aromatic rings. The zero-order chi connectivity index (χ0) is 17.9. The molecule has 5 heteroatoms. The van der Waals surface area contributed by atoms with E-state index in [0.717, 1.165) is 44.1 Å². The van der Waals surface area contributed by atoms with Gasteiger partial charge in [0.25, 0.3) is 0 Å². The summed E-state index contributed by atoms with van der Waals surface area (Å²) in [5.74, 6) is 0.584. The lowest BCUT2D eigenvalue weighted by atomic mass is 10.1. The molecule has 0 radical (unpaired) electrons. The van der Waals surface area contributed by atoms with E-state index >= 15 is 0 Å². The van der Waals surface area contributed by atoms with Crippen LogP contribution >= 0.6 is 11.3 Å². The van der Waals surface area contributed by atoms with Crippen molar-refractivity contribution in [2.75, 3.05) is 19.8 Å². The molecule has 4 nitrogen and oxygen atoms in total. The predicted octanol–water partition coefficient (Wildman–Crippen LogP) is 3.96. The van der Waals surface area contributed by atoms with E-state index in [9.17, 15) is 0 Å². The highest BCUT2D eigenvalue weighted by Gasteiger charge is 2.41. The number of thiophene rings is 1. The molecule has 2 aromatic heterocycles. The van der Waals surface area contributed by atoms with Gasteiger partial charge in [0, 0.05) is 34.6 Å². The molecule has 1 aliphatic carbocycles. The van der Waals surface area contributed by atoms with Crippen molar-refractivity contribution in [1.29, 1.82) is 0 Å². The van der Waals surface area contributed by atoms with Crippen LogP contribution in [-0.2, 0) is 22.6 Å². The molecule has 0 amide bonds. The van der Waals surface area contributed by atoms with Gasteiger partial charge < -0.3 is 9.47 Å². The summed E-state index contributed by atoms with van der Waals surface area (Å²) in [7, 11) is 0. The third-order valence-corrected chi connectivity index (χ3v) is 6.44. The third-order valence-electron chi connectivity index (χ3n) is 5.45. The van der Waals surface area contributed by atoms with Crippen LogP contribution < -0.4 is 0 Å². The number of aromatic nitrogens is 1. The molecule has 2 aliphatic rings. The standard InChI is InChI=1S/C21H28N2O2S/c1-15-4-3-5-18(22-15)14-24-13-17-10-20-21(11-17)25-9-8-23(20)12-19-7-6-16(2)26-19/h3-7,17,20-21H,8-14H2,1-2H3/t17-,20+,21-/m0/s1. The Bertz CT molecular complexity index is 732. The van der Waals surface area contributed by atoms with Crippen molar-refractivity contribution >= 4 is 11.3 Å². The maximum Gasteiger partial charge on any atom is 0.0888 e. The Labute approximate surface area is 160 Å². The van der Waals surface area contributed by atoms with Crippen molar-refractivity contribution < 1.29 is 9.47 Å². The van der Waals surface area contributed by atoms with Gasteiger partial charge in [-0.3, -0.25) is 9.88 Å². The maximum atomic E-state index is 6.08. The minimum Gasteiger partial charge on any atom is -0.375 e. The summed E-state index contributed by atoms with van der Waals surface area (Å²) >= 11 is 1.91. The van der Waals surface area contributed by atoms with Crippen LogP contribution in [0.4, 0.5) is 0 Å². The van der Waals surface area contributed by atoms with E-state index < -0.39 is 0 Å². The molecule has 0 N–H and O–H groups in total. The summed E-state index contributed by atoms with van der Waals surface area (Å²) in [6, 6.07) is 11.1. The second-order valence-corrected chi connectivity index (χ2v) is 8.95. The van der Waals surface area contributed by atoms with Gasteiger partial charge in [0.1, 0.15) is 0 Å². The molecule has 140 valence electrons. The summed E-state index contributed by atoms with van der Waals surface area (Å²) in [6.07, 6.45) is 2.66. The average Bonchev–Trinajstić information content (AvgIpc) is 3.21. The number of morpholine rings is 1. The highest BCUT2D eigenvalue weighted by molar-refractivity contribution is 7.11. The summed E-state index contributed by atoms with van der Waals surface area (Å²) in [4.78, 5) is 10.0. The molecule has 4 rings (SSSR count). The lowest BCUT2D eigenvalue weighted by molar-refractivity contribution is -0.0588. The summed E-state index contributed by atoms with van der Waals surface area (Å²) in [6.45, 7) is 8.56. The van der Waals surface area contributed by atoms with Gasteiger partial charge >= 0.3 is 0 Å². The van der Waals surface area contributed by atoms with Gasteiger partial charge in [-0.15, -0.1) is 11.3 Å². The fourth-order valence-electron chi connectivity index (χ4n) is 4.24. The second kappa shape index (κ2) is 8.17. The van der Waals surface area contributed by atoms with Crippen LogP contribution in [0.2, 0.25) is 0 Å². The van der Waals surface area contributed by atoms with Gasteiger partial charge in [0.2, 0.25) is 0 Å². The number of hydrogen-bond donors (Lipinski definition) is 0. The molecule has 0 spiro atoms. The van der Waals surface area contributed by atoms with Gasteiger partial charge in [0.15, 0.2) is 0 Å². The van der Waals surface area contributed by atoms with Gasteiger partial charge in [-0.25, -0.2) is 0 Å². The fourth-order valence-corrected chi connectivity index (χ4v) is 5.15. The Hall–Kier alpha value is -1.27. The number of aryl methyl sites for hydroxylation is 2. The summed E-state index contributed by atoms with van der Waals surface area (Å²) in [5.41, 5.74) is 2.07. The van der Waals surface area contributed by atoms with Crippen LogP contribution in [0.25, 0.3) is 0 Å². The largest absolute Gasteiger partial charge is 0.375 e. The fraction of sp³-hybridized carbons (Fsp3) is 0.571. The molecule has 1 aliphatic heterocycles. The molecule has 1 saturated heterocycles. The Kier molecular flexibility index (Phi) is 5.69. The highest BCUT2D eigenvalue weighted by atomic mass is 32.1. The Balaban J connectivity index is 1.29. The van der Waals surface area contributed by atoms with Crippen molar-refractivity contribution in [2.24, 2.45) is 5.92 Å². The van der Waals surface area contributed by atoms with Crippen molar-refractivity contribution in [3.63, 3.8) is 0 Å². The molecule has 1 saturated carbocycles. The Morgan fingerprint density at radius 3 is 2.96 bits per heavy atom. The number of fused-ring (bicyclic) bond motifs is 1. The lowest BCUT2D eigenvalue weighted by Crippen LogP contribution is -2.47. The molecule has 3 heterocycles. The van der Waals surface area contributed by atoms with Gasteiger partial charge in [-0.1, -0.05) is 6.07 Å². The van der Waals surface area contributed by atoms with E-state index in [4.69, 9.17) is 9.47 Å². The first-order chi connectivity index (χ1) is 12.7. The van der Waals surface area contributed by atoms with E-state index in [0.29, 0.717) is 24.7 Å². The zero-order valence-electron chi connectivity index (χ0n) is 15.7. The molecule has 26 heavy (non-hydrogen) atoms. The van der Waals surface area contributed by atoms with Crippen molar-refractivity contribution in [2.45, 2.75) is 52.0 Å². The summed E-state index contributed by atoms with van der Waals surface area (Å²) < 4.78 is 12.1. The van der Waals surface area contributed by atoms with Crippen LogP contribution in [-0.4, -0.2) is 41.8 Å².